The van der Waals surface area contributed by atoms with Crippen LogP contribution in [0.4, 0.5) is 0 Å². The van der Waals surface area contributed by atoms with Gasteiger partial charge in [-0.1, -0.05) is 54.1 Å². The maximum absolute atomic E-state index is 12.6. The number of hydrogen-bond acceptors (Lipinski definition) is 2. The monoisotopic (exact) mass is 335 g/mol. The molecule has 0 saturated carbocycles. The summed E-state index contributed by atoms with van der Waals surface area (Å²) in [4.78, 5) is 14.3. The van der Waals surface area contributed by atoms with Crippen LogP contribution in [0.25, 0.3) is 0 Å². The molecule has 0 spiro atoms. The normalized spacial score (nSPS) is 16.6. The Kier molecular flexibility index (Phi) is 5.42. The number of amides is 1. The minimum atomic E-state index is -0.307. The third-order valence-corrected chi connectivity index (χ3v) is 4.58. The van der Waals surface area contributed by atoms with Crippen LogP contribution in [0.15, 0.2) is 6.07 Å². The average molecular weight is 337 g/mol. The quantitative estimate of drug-likeness (QED) is 0.751. The minimum absolute atomic E-state index is 0.00439. The van der Waals surface area contributed by atoms with Crippen molar-refractivity contribution in [1.29, 1.82) is 0 Å². The van der Waals surface area contributed by atoms with E-state index in [2.05, 4.69) is 0 Å². The van der Waals surface area contributed by atoms with Crippen LogP contribution in [0.5, 0.6) is 5.75 Å². The minimum Gasteiger partial charge on any atom is -0.505 e. The van der Waals surface area contributed by atoms with E-state index in [1.54, 1.807) is 4.90 Å². The van der Waals surface area contributed by atoms with E-state index >= 15 is 0 Å². The molecule has 3 nitrogen and oxygen atoms in total. The average Bonchev–Trinajstić information content (AvgIpc) is 2.36. The van der Waals surface area contributed by atoms with Crippen LogP contribution in [-0.2, 0) is 0 Å². The standard InChI is InChI=1S/C14H16Cl3NO2/c15-9-8-10(16)13(19)11(12(9)17)14(20)18-6-4-2-1-3-5-7-18/h8,19H,1-7H2. The molecular formula is C14H16Cl3NO2. The van der Waals surface area contributed by atoms with Gasteiger partial charge in [0.1, 0.15) is 11.3 Å². The molecule has 1 fully saturated rings. The van der Waals surface area contributed by atoms with Crippen molar-refractivity contribution in [2.24, 2.45) is 0 Å². The van der Waals surface area contributed by atoms with Crippen molar-refractivity contribution in [2.45, 2.75) is 32.1 Å². The lowest BCUT2D eigenvalue weighted by molar-refractivity contribution is 0.0739. The molecule has 1 aromatic rings. The van der Waals surface area contributed by atoms with Gasteiger partial charge in [0.25, 0.3) is 5.91 Å². The van der Waals surface area contributed by atoms with Gasteiger partial charge in [-0.15, -0.1) is 0 Å². The van der Waals surface area contributed by atoms with Crippen LogP contribution >= 0.6 is 34.8 Å². The van der Waals surface area contributed by atoms with Crippen LogP contribution in [0, 0.1) is 0 Å². The number of phenols is 1. The summed E-state index contributed by atoms with van der Waals surface area (Å²) >= 11 is 17.9. The maximum Gasteiger partial charge on any atom is 0.259 e. The molecule has 6 heteroatoms. The smallest absolute Gasteiger partial charge is 0.259 e. The molecule has 1 aliphatic heterocycles. The third kappa shape index (κ3) is 3.33. The first-order chi connectivity index (χ1) is 9.52. The zero-order valence-electron chi connectivity index (χ0n) is 11.0. The lowest BCUT2D eigenvalue weighted by atomic mass is 10.1. The molecule has 1 amide bonds. The van der Waals surface area contributed by atoms with Gasteiger partial charge in [0.05, 0.1) is 15.1 Å². The highest BCUT2D eigenvalue weighted by atomic mass is 35.5. The number of carbonyl (C=O) groups is 1. The molecule has 1 N–H and O–H groups in total. The SMILES string of the molecule is O=C(c1c(O)c(Cl)cc(Cl)c1Cl)N1CCCCCCC1. The van der Waals surface area contributed by atoms with Gasteiger partial charge in [0.15, 0.2) is 0 Å². The lowest BCUT2D eigenvalue weighted by Crippen LogP contribution is -2.34. The molecule has 0 bridgehead atoms. The van der Waals surface area contributed by atoms with Gasteiger partial charge in [-0.05, 0) is 18.9 Å². The van der Waals surface area contributed by atoms with Crippen molar-refractivity contribution in [3.8, 4) is 5.75 Å². The topological polar surface area (TPSA) is 40.5 Å². The molecule has 20 heavy (non-hydrogen) atoms. The summed E-state index contributed by atoms with van der Waals surface area (Å²) in [5.41, 5.74) is 0.00439. The Morgan fingerprint density at radius 2 is 1.55 bits per heavy atom. The maximum atomic E-state index is 12.6. The molecule has 0 radical (unpaired) electrons. The van der Waals surface area contributed by atoms with Crippen LogP contribution < -0.4 is 0 Å². The van der Waals surface area contributed by atoms with E-state index in [9.17, 15) is 9.90 Å². The van der Waals surface area contributed by atoms with Crippen LogP contribution in [0.1, 0.15) is 42.5 Å². The Morgan fingerprint density at radius 1 is 1.00 bits per heavy atom. The van der Waals surface area contributed by atoms with Crippen LogP contribution in [0.3, 0.4) is 0 Å². The summed E-state index contributed by atoms with van der Waals surface area (Å²) < 4.78 is 0. The Balaban J connectivity index is 2.32. The fourth-order valence-electron chi connectivity index (χ4n) is 2.39. The molecular weight excluding hydrogens is 321 g/mol. The molecule has 0 atom stereocenters. The van der Waals surface area contributed by atoms with Gasteiger partial charge in [-0.25, -0.2) is 0 Å². The predicted molar refractivity (Wildman–Crippen MR) is 82.1 cm³/mol. The molecule has 110 valence electrons. The number of rotatable bonds is 1. The number of halogens is 3. The molecule has 1 saturated heterocycles. The predicted octanol–water partition coefficient (Wildman–Crippen LogP) is 4.76. The van der Waals surface area contributed by atoms with Crippen molar-refractivity contribution < 1.29 is 9.90 Å². The highest BCUT2D eigenvalue weighted by Gasteiger charge is 2.25. The number of likely N-dealkylation sites (tertiary alicyclic amines) is 1. The van der Waals surface area contributed by atoms with E-state index in [1.165, 1.54) is 12.5 Å². The van der Waals surface area contributed by atoms with E-state index in [4.69, 9.17) is 34.8 Å². The van der Waals surface area contributed by atoms with Crippen molar-refractivity contribution in [3.63, 3.8) is 0 Å². The molecule has 1 heterocycles. The van der Waals surface area contributed by atoms with Crippen molar-refractivity contribution >= 4 is 40.7 Å². The second-order valence-electron chi connectivity index (χ2n) is 4.94. The van der Waals surface area contributed by atoms with Gasteiger partial charge >= 0.3 is 0 Å². The lowest BCUT2D eigenvalue weighted by Gasteiger charge is -2.25. The van der Waals surface area contributed by atoms with Crippen LogP contribution in [-0.4, -0.2) is 29.0 Å². The van der Waals surface area contributed by atoms with E-state index in [-0.39, 0.29) is 32.3 Å². The fraction of sp³-hybridized carbons (Fsp3) is 0.500. The van der Waals surface area contributed by atoms with Crippen LogP contribution in [0.2, 0.25) is 15.1 Å². The van der Waals surface area contributed by atoms with Gasteiger partial charge in [-0.2, -0.15) is 0 Å². The Morgan fingerprint density at radius 3 is 2.15 bits per heavy atom. The van der Waals surface area contributed by atoms with Crippen molar-refractivity contribution in [2.75, 3.05) is 13.1 Å². The molecule has 2 rings (SSSR count). The second kappa shape index (κ2) is 6.88. The molecule has 0 aliphatic carbocycles. The molecule has 1 aliphatic rings. The number of nitrogens with zero attached hydrogens (tertiary/aromatic N) is 1. The first-order valence-corrected chi connectivity index (χ1v) is 7.81. The Bertz CT molecular complexity index is 485. The molecule has 0 unspecified atom stereocenters. The largest absolute Gasteiger partial charge is 0.505 e. The van der Waals surface area contributed by atoms with Crippen molar-refractivity contribution in [3.05, 3.63) is 26.7 Å². The number of hydrogen-bond donors (Lipinski definition) is 1. The third-order valence-electron chi connectivity index (χ3n) is 3.50. The summed E-state index contributed by atoms with van der Waals surface area (Å²) in [6.07, 6.45) is 5.34. The number of aromatic hydroxyl groups is 1. The first-order valence-electron chi connectivity index (χ1n) is 6.68. The summed E-state index contributed by atoms with van der Waals surface area (Å²) in [7, 11) is 0. The fourth-order valence-corrected chi connectivity index (χ4v) is 3.08. The van der Waals surface area contributed by atoms with E-state index in [0.29, 0.717) is 13.1 Å². The van der Waals surface area contributed by atoms with E-state index < -0.39 is 0 Å². The Hall–Kier alpha value is -0.640. The summed E-state index contributed by atoms with van der Waals surface area (Å²) in [6, 6.07) is 1.34. The van der Waals surface area contributed by atoms with E-state index in [0.717, 1.165) is 25.7 Å². The summed E-state index contributed by atoms with van der Waals surface area (Å²) in [5.74, 6) is -0.605. The molecule has 0 aromatic heterocycles. The zero-order valence-corrected chi connectivity index (χ0v) is 13.2. The zero-order chi connectivity index (χ0) is 14.7. The number of phenolic OH excluding ortho intramolecular Hbond substituents is 1. The highest BCUT2D eigenvalue weighted by Crippen LogP contribution is 2.39. The van der Waals surface area contributed by atoms with Crippen molar-refractivity contribution in [1.82, 2.24) is 4.90 Å². The van der Waals surface area contributed by atoms with E-state index in [1.807, 2.05) is 0 Å². The number of benzene rings is 1. The summed E-state index contributed by atoms with van der Waals surface area (Å²) in [5, 5.41) is 10.3. The van der Waals surface area contributed by atoms with Gasteiger partial charge in [-0.3, -0.25) is 4.79 Å². The van der Waals surface area contributed by atoms with Gasteiger partial charge < -0.3 is 10.0 Å². The highest BCUT2D eigenvalue weighted by molar-refractivity contribution is 6.45. The molecule has 1 aromatic carbocycles. The Labute approximate surface area is 133 Å². The first kappa shape index (κ1) is 15.7. The summed E-state index contributed by atoms with van der Waals surface area (Å²) in [6.45, 7) is 1.33. The van der Waals surface area contributed by atoms with Gasteiger partial charge in [0, 0.05) is 13.1 Å². The second-order valence-corrected chi connectivity index (χ2v) is 6.13. The number of carbonyl (C=O) groups excluding carboxylic acids is 1. The van der Waals surface area contributed by atoms with Gasteiger partial charge in [0.2, 0.25) is 0 Å².